The van der Waals surface area contributed by atoms with Crippen LogP contribution in [0.5, 0.6) is 11.8 Å². The molecule has 4 rings (SSSR count). The topological polar surface area (TPSA) is 137 Å². The van der Waals surface area contributed by atoms with Crippen LogP contribution in [0, 0.1) is 5.82 Å². The van der Waals surface area contributed by atoms with Gasteiger partial charge >= 0.3 is 0 Å². The molecule has 0 amide bonds. The van der Waals surface area contributed by atoms with E-state index in [4.69, 9.17) is 25.8 Å². The molecule has 3 aromatic heterocycles. The van der Waals surface area contributed by atoms with Crippen LogP contribution < -0.4 is 19.5 Å². The van der Waals surface area contributed by atoms with Crippen LogP contribution in [0.25, 0.3) is 22.2 Å². The number of hydrogen-bond donors (Lipinski definition) is 2. The van der Waals surface area contributed by atoms with Gasteiger partial charge in [0.05, 0.1) is 24.4 Å². The van der Waals surface area contributed by atoms with E-state index in [1.165, 1.54) is 44.8 Å². The van der Waals surface area contributed by atoms with Gasteiger partial charge in [-0.2, -0.15) is 9.97 Å². The Hall–Kier alpha value is -3.81. The Bertz CT molecular complexity index is 1560. The first-order chi connectivity index (χ1) is 17.8. The molecule has 37 heavy (non-hydrogen) atoms. The summed E-state index contributed by atoms with van der Waals surface area (Å²) in [6, 6.07) is 7.02. The molecule has 14 heteroatoms. The largest absolute Gasteiger partial charge is 0.480 e. The minimum absolute atomic E-state index is 0.0379. The minimum Gasteiger partial charge on any atom is -0.480 e. The van der Waals surface area contributed by atoms with Gasteiger partial charge in [0, 0.05) is 43.1 Å². The molecular formula is C23H22ClFN6O5S. The van der Waals surface area contributed by atoms with Gasteiger partial charge in [-0.3, -0.25) is 4.72 Å². The molecule has 0 spiro atoms. The summed E-state index contributed by atoms with van der Waals surface area (Å²) in [5, 5.41) is 3.42. The summed E-state index contributed by atoms with van der Waals surface area (Å²) in [6.07, 6.45) is 2.77. The number of anilines is 2. The standard InChI is InChI=1S/C23H22ClFN6O5S/c1-26-23-28-11-13-9-16(21(29-20(13)30-23)36-8-7-34-2)15-5-4-6-17(19(15)25)31-37(32,33)18-10-14(24)12-27-22(18)35-3/h4-6,9-12,31H,7-8H2,1-3H3,(H,26,28,29,30). The number of sulfonamides is 1. The maximum atomic E-state index is 15.8. The predicted octanol–water partition coefficient (Wildman–Crippen LogP) is 3.76. The number of pyridine rings is 2. The summed E-state index contributed by atoms with van der Waals surface area (Å²) in [5.41, 5.74) is 0.318. The van der Waals surface area contributed by atoms with Crippen molar-refractivity contribution >= 4 is 44.3 Å². The molecule has 3 heterocycles. The van der Waals surface area contributed by atoms with E-state index in [2.05, 4.69) is 30.0 Å². The van der Waals surface area contributed by atoms with E-state index in [1.54, 1.807) is 13.1 Å². The second kappa shape index (κ2) is 11.1. The quantitative estimate of drug-likeness (QED) is 0.282. The second-order valence-corrected chi connectivity index (χ2v) is 9.56. The molecule has 0 saturated heterocycles. The highest BCUT2D eigenvalue weighted by atomic mass is 35.5. The van der Waals surface area contributed by atoms with E-state index in [1.807, 2.05) is 0 Å². The van der Waals surface area contributed by atoms with Crippen LogP contribution in [0.3, 0.4) is 0 Å². The van der Waals surface area contributed by atoms with E-state index in [0.29, 0.717) is 17.0 Å². The first kappa shape index (κ1) is 26.3. The van der Waals surface area contributed by atoms with E-state index in [9.17, 15) is 8.42 Å². The van der Waals surface area contributed by atoms with Gasteiger partial charge in [-0.15, -0.1) is 0 Å². The molecule has 0 aliphatic carbocycles. The number of methoxy groups -OCH3 is 2. The highest BCUT2D eigenvalue weighted by Crippen LogP contribution is 2.36. The molecule has 0 radical (unpaired) electrons. The highest BCUT2D eigenvalue weighted by molar-refractivity contribution is 7.92. The Balaban J connectivity index is 1.80. The van der Waals surface area contributed by atoms with Crippen molar-refractivity contribution in [3.63, 3.8) is 0 Å². The number of aromatic nitrogens is 4. The monoisotopic (exact) mass is 548 g/mol. The summed E-state index contributed by atoms with van der Waals surface area (Å²) in [7, 11) is 0.126. The fraction of sp³-hybridized carbons (Fsp3) is 0.217. The molecule has 0 fully saturated rings. The van der Waals surface area contributed by atoms with Crippen LogP contribution in [0.2, 0.25) is 5.02 Å². The molecule has 0 unspecified atom stereocenters. The van der Waals surface area contributed by atoms with Crippen molar-refractivity contribution in [1.82, 2.24) is 19.9 Å². The highest BCUT2D eigenvalue weighted by Gasteiger charge is 2.25. The van der Waals surface area contributed by atoms with Crippen LogP contribution in [0.15, 0.2) is 47.6 Å². The summed E-state index contributed by atoms with van der Waals surface area (Å²) < 4.78 is 60.0. The van der Waals surface area contributed by atoms with Crippen molar-refractivity contribution in [2.75, 3.05) is 44.5 Å². The third kappa shape index (κ3) is 5.63. The number of halogens is 2. The van der Waals surface area contributed by atoms with Crippen molar-refractivity contribution in [3.05, 3.63) is 53.6 Å². The van der Waals surface area contributed by atoms with Gasteiger partial charge in [-0.25, -0.2) is 22.8 Å². The maximum Gasteiger partial charge on any atom is 0.267 e. The number of fused-ring (bicyclic) bond motifs is 1. The molecule has 0 atom stereocenters. The van der Waals surface area contributed by atoms with E-state index in [0.717, 1.165) is 6.07 Å². The van der Waals surface area contributed by atoms with Gasteiger partial charge in [0.1, 0.15) is 6.61 Å². The summed E-state index contributed by atoms with van der Waals surface area (Å²) >= 11 is 5.93. The van der Waals surface area contributed by atoms with Crippen molar-refractivity contribution in [1.29, 1.82) is 0 Å². The van der Waals surface area contributed by atoms with E-state index >= 15 is 4.39 Å². The lowest BCUT2D eigenvalue weighted by molar-refractivity contribution is 0.144. The van der Waals surface area contributed by atoms with Gasteiger partial charge in [0.2, 0.25) is 17.7 Å². The Kier molecular flexibility index (Phi) is 7.86. The molecule has 0 bridgehead atoms. The van der Waals surface area contributed by atoms with Crippen molar-refractivity contribution in [2.24, 2.45) is 0 Å². The van der Waals surface area contributed by atoms with Crippen LogP contribution in [-0.4, -0.2) is 62.8 Å². The fourth-order valence-electron chi connectivity index (χ4n) is 3.36. The summed E-state index contributed by atoms with van der Waals surface area (Å²) in [6.45, 7) is 0.407. The average Bonchev–Trinajstić information content (AvgIpc) is 2.89. The van der Waals surface area contributed by atoms with Gasteiger partial charge in [-0.05, 0) is 18.2 Å². The number of nitrogens with zero attached hydrogens (tertiary/aromatic N) is 4. The lowest BCUT2D eigenvalue weighted by Gasteiger charge is -2.15. The molecule has 0 aliphatic rings. The number of benzene rings is 1. The van der Waals surface area contributed by atoms with Crippen molar-refractivity contribution < 1.29 is 27.0 Å². The summed E-state index contributed by atoms with van der Waals surface area (Å²) in [5.74, 6) is -0.610. The van der Waals surface area contributed by atoms with E-state index in [-0.39, 0.29) is 51.7 Å². The average molecular weight is 549 g/mol. The Labute approximate surface area is 217 Å². The minimum atomic E-state index is -4.32. The Morgan fingerprint density at radius 2 is 1.84 bits per heavy atom. The Morgan fingerprint density at radius 1 is 1.03 bits per heavy atom. The zero-order chi connectivity index (χ0) is 26.6. The molecule has 4 aromatic rings. The molecule has 0 aliphatic heterocycles. The molecule has 194 valence electrons. The second-order valence-electron chi connectivity index (χ2n) is 7.47. The van der Waals surface area contributed by atoms with Gasteiger partial charge in [0.25, 0.3) is 10.0 Å². The zero-order valence-electron chi connectivity index (χ0n) is 19.9. The Morgan fingerprint density at radius 3 is 2.57 bits per heavy atom. The van der Waals surface area contributed by atoms with Crippen LogP contribution in [0.1, 0.15) is 0 Å². The first-order valence-corrected chi connectivity index (χ1v) is 12.6. The van der Waals surface area contributed by atoms with E-state index < -0.39 is 15.8 Å². The van der Waals surface area contributed by atoms with Gasteiger partial charge in [0.15, 0.2) is 16.4 Å². The van der Waals surface area contributed by atoms with Gasteiger partial charge < -0.3 is 19.5 Å². The molecule has 0 saturated carbocycles. The lowest BCUT2D eigenvalue weighted by atomic mass is 10.0. The van der Waals surface area contributed by atoms with Crippen molar-refractivity contribution in [2.45, 2.75) is 4.90 Å². The van der Waals surface area contributed by atoms with Gasteiger partial charge in [-0.1, -0.05) is 23.7 Å². The third-order valence-electron chi connectivity index (χ3n) is 5.08. The number of nitrogens with one attached hydrogen (secondary N) is 2. The summed E-state index contributed by atoms with van der Waals surface area (Å²) in [4.78, 5) is 16.4. The molecule has 1 aromatic carbocycles. The SMILES string of the molecule is CNc1ncc2cc(-c3cccc(NS(=O)(=O)c4cc(Cl)cnc4OC)c3F)c(OCCOC)nc2n1. The number of rotatable bonds is 10. The van der Waals surface area contributed by atoms with Crippen LogP contribution in [0.4, 0.5) is 16.0 Å². The molecular weight excluding hydrogens is 527 g/mol. The zero-order valence-corrected chi connectivity index (χ0v) is 21.5. The fourth-order valence-corrected chi connectivity index (χ4v) is 4.79. The van der Waals surface area contributed by atoms with Crippen molar-refractivity contribution in [3.8, 4) is 22.9 Å². The normalized spacial score (nSPS) is 11.4. The molecule has 11 nitrogen and oxygen atoms in total. The third-order valence-corrected chi connectivity index (χ3v) is 6.65. The van der Waals surface area contributed by atoms with Crippen LogP contribution >= 0.6 is 11.6 Å². The maximum absolute atomic E-state index is 15.8. The predicted molar refractivity (Wildman–Crippen MR) is 136 cm³/mol. The lowest BCUT2D eigenvalue weighted by Crippen LogP contribution is -2.16. The molecule has 2 N–H and O–H groups in total. The van der Waals surface area contributed by atoms with Crippen LogP contribution in [-0.2, 0) is 14.8 Å². The smallest absolute Gasteiger partial charge is 0.267 e. The first-order valence-electron chi connectivity index (χ1n) is 10.8. The number of hydrogen-bond acceptors (Lipinski definition) is 10. The number of ether oxygens (including phenoxy) is 3.